The summed E-state index contributed by atoms with van der Waals surface area (Å²) in [6.07, 6.45) is 6.43. The van der Waals surface area contributed by atoms with Gasteiger partial charge in [-0.25, -0.2) is 4.39 Å². The summed E-state index contributed by atoms with van der Waals surface area (Å²) in [7, 11) is 0. The van der Waals surface area contributed by atoms with E-state index in [1.54, 1.807) is 30.7 Å². The number of hydrogen-bond donors (Lipinski definition) is 1. The van der Waals surface area contributed by atoms with Gasteiger partial charge in [-0.05, 0) is 72.1 Å². The van der Waals surface area contributed by atoms with Gasteiger partial charge < -0.3 is 10.1 Å². The van der Waals surface area contributed by atoms with E-state index in [0.29, 0.717) is 30.0 Å². The van der Waals surface area contributed by atoms with E-state index >= 15 is 0 Å². The molecule has 0 radical (unpaired) electrons. The Bertz CT molecular complexity index is 1690. The summed E-state index contributed by atoms with van der Waals surface area (Å²) in [5.74, 6) is -0.997. The van der Waals surface area contributed by atoms with Gasteiger partial charge in [0.2, 0.25) is 11.7 Å². The van der Waals surface area contributed by atoms with E-state index in [1.165, 1.54) is 29.2 Å². The smallest absolute Gasteiger partial charge is 0.251 e. The maximum absolute atomic E-state index is 14.1. The number of carbonyl (C=O) groups excluding carboxylic acids is 2. The summed E-state index contributed by atoms with van der Waals surface area (Å²) >= 11 is 0. The molecule has 6 rings (SSSR count). The number of hydrogen-bond acceptors (Lipinski definition) is 8. The summed E-state index contributed by atoms with van der Waals surface area (Å²) in [5, 5.41) is 16.2. The zero-order valence-electron chi connectivity index (χ0n) is 22.5. The summed E-state index contributed by atoms with van der Waals surface area (Å²) in [4.78, 5) is 39.2. The lowest BCUT2D eigenvalue weighted by Crippen LogP contribution is -2.46. The molecule has 0 bridgehead atoms. The first kappa shape index (κ1) is 27.1. The van der Waals surface area contributed by atoms with E-state index in [0.717, 1.165) is 28.5 Å². The van der Waals surface area contributed by atoms with Gasteiger partial charge in [0, 0.05) is 36.5 Å². The molecule has 0 saturated carbocycles. The molecule has 3 aromatic heterocycles. The second-order valence-electron chi connectivity index (χ2n) is 9.86. The van der Waals surface area contributed by atoms with Crippen LogP contribution in [0.1, 0.15) is 24.4 Å². The minimum Gasteiger partial charge on any atom is -0.376 e. The van der Waals surface area contributed by atoms with Crippen molar-refractivity contribution in [1.82, 2.24) is 35.5 Å². The summed E-state index contributed by atoms with van der Waals surface area (Å²) < 4.78 is 19.1. The Labute approximate surface area is 240 Å². The molecule has 1 aliphatic heterocycles. The second kappa shape index (κ2) is 12.2. The number of ether oxygens (including phenoxy) is 1. The molecule has 2 atom stereocenters. The first-order chi connectivity index (χ1) is 20.5. The van der Waals surface area contributed by atoms with Crippen molar-refractivity contribution in [1.29, 1.82) is 0 Å². The van der Waals surface area contributed by atoms with Crippen molar-refractivity contribution in [2.75, 3.05) is 18.1 Å². The van der Waals surface area contributed by atoms with Crippen LogP contribution in [0.15, 0.2) is 85.3 Å². The molecule has 212 valence electrons. The van der Waals surface area contributed by atoms with Gasteiger partial charge in [-0.2, -0.15) is 4.80 Å². The van der Waals surface area contributed by atoms with Gasteiger partial charge >= 0.3 is 0 Å². The van der Waals surface area contributed by atoms with Gasteiger partial charge in [0.05, 0.1) is 23.5 Å². The molecule has 1 fully saturated rings. The number of amides is 2. The number of nitrogens with one attached hydrogen (secondary N) is 1. The Morgan fingerprint density at radius 1 is 1.10 bits per heavy atom. The molecule has 42 heavy (non-hydrogen) atoms. The fourth-order valence-electron chi connectivity index (χ4n) is 4.93. The number of tetrazole rings is 1. The van der Waals surface area contributed by atoms with Crippen LogP contribution in [0.2, 0.25) is 0 Å². The zero-order valence-corrected chi connectivity index (χ0v) is 22.5. The first-order valence-corrected chi connectivity index (χ1v) is 13.5. The van der Waals surface area contributed by atoms with Crippen molar-refractivity contribution in [3.8, 4) is 11.4 Å². The Morgan fingerprint density at radius 3 is 2.69 bits per heavy atom. The second-order valence-corrected chi connectivity index (χ2v) is 9.86. The first-order valence-electron chi connectivity index (χ1n) is 13.5. The number of para-hydroxylation sites is 1. The summed E-state index contributed by atoms with van der Waals surface area (Å²) in [6.45, 7) is 0.665. The van der Waals surface area contributed by atoms with E-state index in [1.807, 2.05) is 30.3 Å². The molecule has 1 N–H and O–H groups in total. The minimum absolute atomic E-state index is 0.0808. The number of carbonyl (C=O) groups is 2. The molecule has 0 unspecified atom stereocenters. The fourth-order valence-corrected chi connectivity index (χ4v) is 4.93. The van der Waals surface area contributed by atoms with Gasteiger partial charge in [-0.3, -0.25) is 24.5 Å². The van der Waals surface area contributed by atoms with Gasteiger partial charge in [0.1, 0.15) is 18.4 Å². The molecule has 4 heterocycles. The normalized spacial score (nSPS) is 15.4. The van der Waals surface area contributed by atoms with Crippen LogP contribution in [0, 0.1) is 5.82 Å². The molecule has 1 saturated heterocycles. The molecule has 2 amide bonds. The topological polar surface area (TPSA) is 128 Å². The third kappa shape index (κ3) is 5.98. The highest BCUT2D eigenvalue weighted by molar-refractivity contribution is 6.02. The molecule has 2 aromatic carbocycles. The van der Waals surface area contributed by atoms with Crippen LogP contribution in [-0.4, -0.2) is 61.2 Å². The third-order valence-corrected chi connectivity index (χ3v) is 7.01. The number of rotatable bonds is 9. The van der Waals surface area contributed by atoms with Crippen LogP contribution < -0.4 is 10.2 Å². The van der Waals surface area contributed by atoms with Gasteiger partial charge in [-0.15, -0.1) is 10.2 Å². The molecular formula is C30H27FN8O3. The lowest BCUT2D eigenvalue weighted by atomic mass is 10.0. The lowest BCUT2D eigenvalue weighted by molar-refractivity contribution is -0.127. The number of halogens is 1. The molecule has 11 nitrogen and oxygen atoms in total. The molecule has 5 aromatic rings. The predicted octanol–water partition coefficient (Wildman–Crippen LogP) is 3.49. The fraction of sp³-hybridized carbons (Fsp3) is 0.233. The van der Waals surface area contributed by atoms with Crippen LogP contribution in [0.25, 0.3) is 22.3 Å². The van der Waals surface area contributed by atoms with Crippen molar-refractivity contribution >= 4 is 28.4 Å². The van der Waals surface area contributed by atoms with Crippen LogP contribution in [0.4, 0.5) is 10.1 Å². The number of anilines is 1. The summed E-state index contributed by atoms with van der Waals surface area (Å²) in [5.41, 5.74) is 2.29. The largest absolute Gasteiger partial charge is 0.376 e. The quantitative estimate of drug-likeness (QED) is 0.287. The van der Waals surface area contributed by atoms with Crippen LogP contribution in [0.3, 0.4) is 0 Å². The van der Waals surface area contributed by atoms with Gasteiger partial charge in [0.15, 0.2) is 0 Å². The Balaban J connectivity index is 1.36. The third-order valence-electron chi connectivity index (χ3n) is 7.01. The average molecular weight is 567 g/mol. The maximum Gasteiger partial charge on any atom is 0.251 e. The highest BCUT2D eigenvalue weighted by Crippen LogP contribution is 2.30. The van der Waals surface area contributed by atoms with Gasteiger partial charge in [-0.1, -0.05) is 18.2 Å². The highest BCUT2D eigenvalue weighted by Gasteiger charge is 2.34. The van der Waals surface area contributed by atoms with E-state index in [2.05, 4.69) is 30.7 Å². The van der Waals surface area contributed by atoms with E-state index in [4.69, 9.17) is 4.74 Å². The van der Waals surface area contributed by atoms with Crippen molar-refractivity contribution in [2.24, 2.45) is 0 Å². The number of nitrogens with zero attached hydrogens (tertiary/aromatic N) is 7. The molecular weight excluding hydrogens is 539 g/mol. The number of pyridine rings is 2. The number of aromatic nitrogens is 6. The van der Waals surface area contributed by atoms with Crippen LogP contribution in [0.5, 0.6) is 0 Å². The SMILES string of the molecule is O=C(NC[C@H]1CCCO1)[C@@H](c1ccncc1)N(C(=O)Cn1nnc(-c2ccc(F)cc2)n1)c1cnc2ccccc2c1. The number of benzene rings is 2. The number of fused-ring (bicyclic) bond motifs is 1. The van der Waals surface area contributed by atoms with Crippen molar-refractivity contribution in [2.45, 2.75) is 31.5 Å². The Hall–Kier alpha value is -5.10. The predicted molar refractivity (Wildman–Crippen MR) is 151 cm³/mol. The van der Waals surface area contributed by atoms with Gasteiger partial charge in [0.25, 0.3) is 5.91 Å². The minimum atomic E-state index is -1.05. The molecule has 0 spiro atoms. The molecule has 12 heteroatoms. The van der Waals surface area contributed by atoms with Crippen LogP contribution in [-0.2, 0) is 20.9 Å². The Morgan fingerprint density at radius 2 is 1.90 bits per heavy atom. The lowest BCUT2D eigenvalue weighted by Gasteiger charge is -2.31. The van der Waals surface area contributed by atoms with E-state index in [9.17, 15) is 14.0 Å². The summed E-state index contributed by atoms with van der Waals surface area (Å²) in [6, 6.07) is 17.3. The molecule has 0 aliphatic carbocycles. The molecule has 1 aliphatic rings. The monoisotopic (exact) mass is 566 g/mol. The Kier molecular flexibility index (Phi) is 7.86. The van der Waals surface area contributed by atoms with Crippen LogP contribution >= 0.6 is 0 Å². The van der Waals surface area contributed by atoms with E-state index in [-0.39, 0.29) is 30.2 Å². The van der Waals surface area contributed by atoms with Crippen molar-refractivity contribution in [3.05, 3.63) is 96.7 Å². The zero-order chi connectivity index (χ0) is 28.9. The standard InChI is InChI=1S/C30H27FN8O3/c31-23-9-7-21(8-10-23)29-35-37-38(36-29)19-27(40)39(24-16-22-4-1-2-6-26(22)33-17-24)28(20-11-13-32-14-12-20)30(41)34-18-25-5-3-15-42-25/h1-2,4,6-14,16-17,25,28H,3,5,15,18-19H2,(H,34,41)/t25-,28-/m1/s1. The van der Waals surface area contributed by atoms with E-state index < -0.39 is 11.9 Å². The average Bonchev–Trinajstić information content (AvgIpc) is 3.72. The van der Waals surface area contributed by atoms with Crippen molar-refractivity contribution < 1.29 is 18.7 Å². The maximum atomic E-state index is 14.1. The highest BCUT2D eigenvalue weighted by atomic mass is 19.1. The van der Waals surface area contributed by atoms with Crippen molar-refractivity contribution in [3.63, 3.8) is 0 Å².